The first-order valence-corrected chi connectivity index (χ1v) is 8.87. The fourth-order valence-electron chi connectivity index (χ4n) is 3.09. The summed E-state index contributed by atoms with van der Waals surface area (Å²) in [5.74, 6) is 0. The zero-order valence-corrected chi connectivity index (χ0v) is 16.0. The van der Waals surface area contributed by atoms with Crippen molar-refractivity contribution in [3.8, 4) is 0 Å². The molecule has 1 amide bonds. The van der Waals surface area contributed by atoms with Crippen LogP contribution in [0.1, 0.15) is 53.5 Å². The maximum absolute atomic E-state index is 12.7. The SMILES string of the molecule is C[C@H]1CN(C(=O)OC(C)(C)C)C(C)(C)CCN1Cc1ccccc1. The normalized spacial score (nSPS) is 22.1. The van der Waals surface area contributed by atoms with E-state index in [0.717, 1.165) is 19.5 Å². The highest BCUT2D eigenvalue weighted by Crippen LogP contribution is 2.27. The van der Waals surface area contributed by atoms with Crippen molar-refractivity contribution in [1.82, 2.24) is 9.80 Å². The van der Waals surface area contributed by atoms with Crippen molar-refractivity contribution in [2.45, 2.75) is 71.7 Å². The molecule has 2 rings (SSSR count). The van der Waals surface area contributed by atoms with Crippen LogP contribution in [0.2, 0.25) is 0 Å². The van der Waals surface area contributed by atoms with Gasteiger partial charge >= 0.3 is 6.09 Å². The summed E-state index contributed by atoms with van der Waals surface area (Å²) < 4.78 is 5.64. The van der Waals surface area contributed by atoms with Crippen LogP contribution in [0.15, 0.2) is 30.3 Å². The molecule has 134 valence electrons. The Hall–Kier alpha value is -1.55. The van der Waals surface area contributed by atoms with Crippen LogP contribution in [0, 0.1) is 0 Å². The average Bonchev–Trinajstić information content (AvgIpc) is 2.57. The van der Waals surface area contributed by atoms with Gasteiger partial charge in [0.15, 0.2) is 0 Å². The van der Waals surface area contributed by atoms with Gasteiger partial charge in [-0.3, -0.25) is 4.90 Å². The minimum Gasteiger partial charge on any atom is -0.444 e. The molecule has 0 unspecified atom stereocenters. The summed E-state index contributed by atoms with van der Waals surface area (Å²) >= 11 is 0. The molecule has 0 radical (unpaired) electrons. The number of benzene rings is 1. The van der Waals surface area contributed by atoms with E-state index in [0.29, 0.717) is 12.6 Å². The van der Waals surface area contributed by atoms with Gasteiger partial charge in [0.25, 0.3) is 0 Å². The molecule has 1 aliphatic rings. The molecule has 1 fully saturated rings. The average molecular weight is 332 g/mol. The molecule has 1 atom stereocenters. The minimum atomic E-state index is -0.466. The largest absolute Gasteiger partial charge is 0.444 e. The molecule has 4 nitrogen and oxygen atoms in total. The second kappa shape index (κ2) is 7.14. The summed E-state index contributed by atoms with van der Waals surface area (Å²) in [4.78, 5) is 17.0. The lowest BCUT2D eigenvalue weighted by atomic mass is 9.99. The maximum Gasteiger partial charge on any atom is 0.410 e. The highest BCUT2D eigenvalue weighted by Gasteiger charge is 2.38. The zero-order valence-electron chi connectivity index (χ0n) is 16.0. The third-order valence-corrected chi connectivity index (χ3v) is 4.65. The zero-order chi connectivity index (χ0) is 18.0. The second-order valence-electron chi connectivity index (χ2n) is 8.46. The van der Waals surface area contributed by atoms with Crippen LogP contribution in [0.5, 0.6) is 0 Å². The highest BCUT2D eigenvalue weighted by molar-refractivity contribution is 5.69. The molecule has 1 aromatic carbocycles. The van der Waals surface area contributed by atoms with E-state index in [1.807, 2.05) is 31.7 Å². The highest BCUT2D eigenvalue weighted by atomic mass is 16.6. The number of rotatable bonds is 2. The molecular weight excluding hydrogens is 300 g/mol. The molecule has 24 heavy (non-hydrogen) atoms. The number of hydrogen-bond donors (Lipinski definition) is 0. The number of carbonyl (C=O) groups is 1. The molecule has 1 aromatic rings. The number of ether oxygens (including phenoxy) is 1. The molecule has 0 bridgehead atoms. The third kappa shape index (κ3) is 4.97. The lowest BCUT2D eigenvalue weighted by molar-refractivity contribution is 0.00258. The van der Waals surface area contributed by atoms with Gasteiger partial charge in [0.1, 0.15) is 5.60 Å². The molecule has 1 aliphatic heterocycles. The van der Waals surface area contributed by atoms with E-state index >= 15 is 0 Å². The van der Waals surface area contributed by atoms with E-state index in [1.54, 1.807) is 0 Å². The molecule has 0 aliphatic carbocycles. The predicted octanol–water partition coefficient (Wildman–Crippen LogP) is 4.30. The first-order valence-electron chi connectivity index (χ1n) is 8.87. The summed E-state index contributed by atoms with van der Waals surface area (Å²) in [6.07, 6.45) is 0.726. The van der Waals surface area contributed by atoms with Crippen molar-refractivity contribution in [3.05, 3.63) is 35.9 Å². The van der Waals surface area contributed by atoms with Gasteiger partial charge in [-0.1, -0.05) is 30.3 Å². The Morgan fingerprint density at radius 3 is 2.46 bits per heavy atom. The van der Waals surface area contributed by atoms with Crippen LogP contribution in [0.4, 0.5) is 4.79 Å². The Morgan fingerprint density at radius 2 is 1.88 bits per heavy atom. The fourth-order valence-corrected chi connectivity index (χ4v) is 3.09. The van der Waals surface area contributed by atoms with Gasteiger partial charge in [0.05, 0.1) is 0 Å². The van der Waals surface area contributed by atoms with Crippen LogP contribution in [-0.4, -0.2) is 46.2 Å². The first-order chi connectivity index (χ1) is 11.1. The summed E-state index contributed by atoms with van der Waals surface area (Å²) in [5, 5.41) is 0. The van der Waals surface area contributed by atoms with Gasteiger partial charge in [-0.05, 0) is 53.5 Å². The Kier molecular flexibility index (Phi) is 5.59. The van der Waals surface area contributed by atoms with E-state index in [-0.39, 0.29) is 11.6 Å². The van der Waals surface area contributed by atoms with Crippen molar-refractivity contribution in [1.29, 1.82) is 0 Å². The lowest BCUT2D eigenvalue weighted by Crippen LogP contribution is -2.51. The standard InChI is InChI=1S/C20H32N2O2/c1-16-14-22(18(23)24-19(2,3)4)20(5,6)12-13-21(16)15-17-10-8-7-9-11-17/h7-11,16H,12-15H2,1-6H3/t16-/m0/s1. The van der Waals surface area contributed by atoms with Gasteiger partial charge in [-0.25, -0.2) is 4.79 Å². The van der Waals surface area contributed by atoms with Crippen LogP contribution in [-0.2, 0) is 11.3 Å². The quantitative estimate of drug-likeness (QED) is 0.809. The van der Waals surface area contributed by atoms with Gasteiger partial charge < -0.3 is 9.64 Å². The summed E-state index contributed by atoms with van der Waals surface area (Å²) in [6.45, 7) is 14.8. The van der Waals surface area contributed by atoms with Crippen LogP contribution >= 0.6 is 0 Å². The fraction of sp³-hybridized carbons (Fsp3) is 0.650. The van der Waals surface area contributed by atoms with E-state index in [1.165, 1.54) is 5.56 Å². The molecular formula is C20H32N2O2. The molecule has 0 spiro atoms. The smallest absolute Gasteiger partial charge is 0.410 e. The first kappa shape index (κ1) is 18.8. The summed E-state index contributed by atoms with van der Waals surface area (Å²) in [7, 11) is 0. The number of hydrogen-bond acceptors (Lipinski definition) is 3. The lowest BCUT2D eigenvalue weighted by Gasteiger charge is -2.38. The summed E-state index contributed by atoms with van der Waals surface area (Å²) in [6, 6.07) is 10.8. The van der Waals surface area contributed by atoms with Crippen molar-refractivity contribution < 1.29 is 9.53 Å². The van der Waals surface area contributed by atoms with Crippen molar-refractivity contribution in [2.24, 2.45) is 0 Å². The van der Waals surface area contributed by atoms with Gasteiger partial charge in [-0.15, -0.1) is 0 Å². The Balaban J connectivity index is 2.12. The Bertz CT molecular complexity index is 549. The second-order valence-corrected chi connectivity index (χ2v) is 8.46. The molecule has 1 heterocycles. The Morgan fingerprint density at radius 1 is 1.25 bits per heavy atom. The van der Waals surface area contributed by atoms with E-state index in [9.17, 15) is 4.79 Å². The van der Waals surface area contributed by atoms with E-state index < -0.39 is 5.60 Å². The number of carbonyl (C=O) groups excluding carboxylic acids is 1. The van der Waals surface area contributed by atoms with Crippen LogP contribution in [0.25, 0.3) is 0 Å². The summed E-state index contributed by atoms with van der Waals surface area (Å²) in [5.41, 5.74) is 0.641. The van der Waals surface area contributed by atoms with Crippen molar-refractivity contribution in [2.75, 3.05) is 13.1 Å². The van der Waals surface area contributed by atoms with Crippen molar-refractivity contribution >= 4 is 6.09 Å². The molecule has 1 saturated heterocycles. The van der Waals surface area contributed by atoms with Crippen LogP contribution in [0.3, 0.4) is 0 Å². The monoisotopic (exact) mass is 332 g/mol. The minimum absolute atomic E-state index is 0.206. The van der Waals surface area contributed by atoms with Gasteiger partial charge in [-0.2, -0.15) is 0 Å². The maximum atomic E-state index is 12.7. The van der Waals surface area contributed by atoms with E-state index in [4.69, 9.17) is 4.74 Å². The van der Waals surface area contributed by atoms with E-state index in [2.05, 4.69) is 49.9 Å². The van der Waals surface area contributed by atoms with Gasteiger partial charge in [0.2, 0.25) is 0 Å². The van der Waals surface area contributed by atoms with Gasteiger partial charge in [0, 0.05) is 31.2 Å². The number of nitrogens with zero attached hydrogens (tertiary/aromatic N) is 2. The topological polar surface area (TPSA) is 32.8 Å². The third-order valence-electron chi connectivity index (χ3n) is 4.65. The molecule has 0 saturated carbocycles. The molecule has 0 N–H and O–H groups in total. The van der Waals surface area contributed by atoms with Crippen LogP contribution < -0.4 is 0 Å². The number of amides is 1. The molecule has 0 aromatic heterocycles. The molecule has 4 heteroatoms. The predicted molar refractivity (Wildman–Crippen MR) is 98.0 cm³/mol. The Labute approximate surface area is 146 Å². The van der Waals surface area contributed by atoms with Crippen molar-refractivity contribution in [3.63, 3.8) is 0 Å².